The normalized spacial score (nSPS) is 25.4. The first-order chi connectivity index (χ1) is 9.94. The zero-order chi connectivity index (χ0) is 15.0. The minimum Gasteiger partial charge on any atom is -0.371 e. The first-order valence-electron chi connectivity index (χ1n) is 8.21. The summed E-state index contributed by atoms with van der Waals surface area (Å²) >= 11 is 0. The molecule has 0 bridgehead atoms. The predicted octanol–water partition coefficient (Wildman–Crippen LogP) is 3.95. The van der Waals surface area contributed by atoms with Crippen LogP contribution in [0.4, 0.5) is 10.1 Å². The van der Waals surface area contributed by atoms with Gasteiger partial charge in [0.1, 0.15) is 5.82 Å². The molecule has 1 saturated heterocycles. The van der Waals surface area contributed by atoms with Crippen molar-refractivity contribution in [2.75, 3.05) is 18.0 Å². The molecule has 21 heavy (non-hydrogen) atoms. The van der Waals surface area contributed by atoms with Gasteiger partial charge in [0.2, 0.25) is 0 Å². The highest BCUT2D eigenvalue weighted by Gasteiger charge is 2.36. The minimum absolute atomic E-state index is 0.00106. The zero-order valence-electron chi connectivity index (χ0n) is 13.5. The second-order valence-electron chi connectivity index (χ2n) is 7.70. The van der Waals surface area contributed by atoms with Gasteiger partial charge in [0.05, 0.1) is 0 Å². The highest BCUT2D eigenvalue weighted by atomic mass is 19.1. The summed E-state index contributed by atoms with van der Waals surface area (Å²) in [6.45, 7) is 9.17. The lowest BCUT2D eigenvalue weighted by Crippen LogP contribution is -2.36. The summed E-state index contributed by atoms with van der Waals surface area (Å²) < 4.78 is 14.3. The van der Waals surface area contributed by atoms with Gasteiger partial charge in [-0.25, -0.2) is 4.39 Å². The van der Waals surface area contributed by atoms with Crippen LogP contribution >= 0.6 is 0 Å². The summed E-state index contributed by atoms with van der Waals surface area (Å²) in [7, 11) is 0. The molecular weight excluding hydrogens is 263 g/mol. The molecule has 3 heteroatoms. The van der Waals surface area contributed by atoms with Crippen LogP contribution in [0.2, 0.25) is 0 Å². The van der Waals surface area contributed by atoms with Gasteiger partial charge < -0.3 is 10.2 Å². The molecule has 0 radical (unpaired) electrons. The fraction of sp³-hybridized carbons (Fsp3) is 0.667. The number of fused-ring (bicyclic) bond motifs is 1. The second kappa shape index (κ2) is 5.60. The molecule has 0 amide bonds. The Bertz CT molecular complexity index is 494. The van der Waals surface area contributed by atoms with E-state index in [1.165, 1.54) is 19.3 Å². The Hall–Kier alpha value is -1.09. The summed E-state index contributed by atoms with van der Waals surface area (Å²) in [5.41, 5.74) is 1.93. The van der Waals surface area contributed by atoms with E-state index in [4.69, 9.17) is 0 Å². The van der Waals surface area contributed by atoms with Gasteiger partial charge in [0.25, 0.3) is 0 Å². The minimum atomic E-state index is -0.0821. The molecule has 2 aliphatic rings. The molecular formula is C18H27FN2. The van der Waals surface area contributed by atoms with E-state index in [2.05, 4.69) is 37.1 Å². The van der Waals surface area contributed by atoms with Crippen LogP contribution < -0.4 is 10.2 Å². The van der Waals surface area contributed by atoms with Crippen LogP contribution in [0.15, 0.2) is 18.2 Å². The van der Waals surface area contributed by atoms with Crippen LogP contribution in [0.3, 0.4) is 0 Å². The zero-order valence-corrected chi connectivity index (χ0v) is 13.5. The Kier molecular flexibility index (Phi) is 3.96. The van der Waals surface area contributed by atoms with Crippen LogP contribution in [0.25, 0.3) is 0 Å². The van der Waals surface area contributed by atoms with Crippen LogP contribution in [0.5, 0.6) is 0 Å². The molecule has 2 fully saturated rings. The molecule has 1 saturated carbocycles. The molecule has 0 aromatic heterocycles. The van der Waals surface area contributed by atoms with Crippen molar-refractivity contribution in [1.29, 1.82) is 0 Å². The summed E-state index contributed by atoms with van der Waals surface area (Å²) in [4.78, 5) is 2.41. The molecule has 3 rings (SSSR count). The van der Waals surface area contributed by atoms with Crippen molar-refractivity contribution in [2.45, 2.75) is 52.1 Å². The Labute approximate surface area is 127 Å². The van der Waals surface area contributed by atoms with Crippen LogP contribution in [-0.4, -0.2) is 18.6 Å². The first-order valence-corrected chi connectivity index (χ1v) is 8.21. The van der Waals surface area contributed by atoms with Gasteiger partial charge >= 0.3 is 0 Å². The van der Waals surface area contributed by atoms with Crippen LogP contribution in [-0.2, 0) is 6.54 Å². The number of hydrogen-bond donors (Lipinski definition) is 1. The number of benzene rings is 1. The summed E-state index contributed by atoms with van der Waals surface area (Å²) in [5, 5.41) is 3.43. The van der Waals surface area contributed by atoms with E-state index < -0.39 is 0 Å². The monoisotopic (exact) mass is 290 g/mol. The predicted molar refractivity (Wildman–Crippen MR) is 86.0 cm³/mol. The molecule has 1 N–H and O–H groups in total. The number of anilines is 1. The highest BCUT2D eigenvalue weighted by Crippen LogP contribution is 2.40. The maximum atomic E-state index is 14.3. The quantitative estimate of drug-likeness (QED) is 0.906. The largest absolute Gasteiger partial charge is 0.371 e. The van der Waals surface area contributed by atoms with Crippen molar-refractivity contribution in [3.63, 3.8) is 0 Å². The molecule has 2 unspecified atom stereocenters. The third kappa shape index (κ3) is 3.23. The smallest absolute Gasteiger partial charge is 0.129 e. The molecule has 1 aromatic carbocycles. The van der Waals surface area contributed by atoms with E-state index in [1.54, 1.807) is 6.07 Å². The van der Waals surface area contributed by atoms with Gasteiger partial charge in [-0.3, -0.25) is 0 Å². The van der Waals surface area contributed by atoms with Crippen LogP contribution in [0.1, 0.15) is 45.6 Å². The third-order valence-corrected chi connectivity index (χ3v) is 4.96. The van der Waals surface area contributed by atoms with Gasteiger partial charge in [0.15, 0.2) is 0 Å². The average molecular weight is 290 g/mol. The molecule has 1 heterocycles. The van der Waals surface area contributed by atoms with Crippen molar-refractivity contribution in [2.24, 2.45) is 11.8 Å². The molecule has 1 aliphatic carbocycles. The van der Waals surface area contributed by atoms with Crippen molar-refractivity contribution in [1.82, 2.24) is 5.32 Å². The van der Waals surface area contributed by atoms with Crippen molar-refractivity contribution in [3.05, 3.63) is 29.6 Å². The SMILES string of the molecule is CC(C)(C)NCc1c(F)cccc1N1CC2CCCC2C1. The second-order valence-corrected chi connectivity index (χ2v) is 7.70. The summed E-state index contributed by atoms with van der Waals surface area (Å²) in [5.74, 6) is 1.58. The lowest BCUT2D eigenvalue weighted by Gasteiger charge is -2.26. The van der Waals surface area contributed by atoms with E-state index in [0.717, 1.165) is 36.2 Å². The molecule has 116 valence electrons. The van der Waals surface area contributed by atoms with Crippen molar-refractivity contribution >= 4 is 5.69 Å². The number of hydrogen-bond acceptors (Lipinski definition) is 2. The Morgan fingerprint density at radius 2 is 1.86 bits per heavy atom. The Morgan fingerprint density at radius 1 is 1.19 bits per heavy atom. The molecule has 2 nitrogen and oxygen atoms in total. The molecule has 1 aliphatic heterocycles. The molecule has 0 spiro atoms. The summed E-state index contributed by atoms with van der Waals surface area (Å²) in [6, 6.07) is 5.52. The molecule has 1 aromatic rings. The number of nitrogens with one attached hydrogen (secondary N) is 1. The molecule has 2 atom stereocenters. The van der Waals surface area contributed by atoms with E-state index in [-0.39, 0.29) is 11.4 Å². The Balaban J connectivity index is 1.80. The van der Waals surface area contributed by atoms with Gasteiger partial charge in [-0.15, -0.1) is 0 Å². The topological polar surface area (TPSA) is 15.3 Å². The van der Waals surface area contributed by atoms with E-state index in [9.17, 15) is 4.39 Å². The first kappa shape index (κ1) is 14.8. The van der Waals surface area contributed by atoms with Crippen molar-refractivity contribution in [3.8, 4) is 0 Å². The number of rotatable bonds is 3. The fourth-order valence-electron chi connectivity index (χ4n) is 3.80. The lowest BCUT2D eigenvalue weighted by molar-refractivity contribution is 0.418. The highest BCUT2D eigenvalue weighted by molar-refractivity contribution is 5.55. The number of halogens is 1. The van der Waals surface area contributed by atoms with E-state index >= 15 is 0 Å². The van der Waals surface area contributed by atoms with E-state index in [0.29, 0.717) is 6.54 Å². The van der Waals surface area contributed by atoms with Crippen molar-refractivity contribution < 1.29 is 4.39 Å². The average Bonchev–Trinajstić information content (AvgIpc) is 2.96. The fourth-order valence-corrected chi connectivity index (χ4v) is 3.80. The summed E-state index contributed by atoms with van der Waals surface area (Å²) in [6.07, 6.45) is 4.09. The van der Waals surface area contributed by atoms with E-state index in [1.807, 2.05) is 6.07 Å². The maximum absolute atomic E-state index is 14.3. The Morgan fingerprint density at radius 3 is 2.48 bits per heavy atom. The van der Waals surface area contributed by atoms with Gasteiger partial charge in [-0.1, -0.05) is 12.5 Å². The third-order valence-electron chi connectivity index (χ3n) is 4.96. The van der Waals surface area contributed by atoms with Gasteiger partial charge in [0, 0.05) is 36.4 Å². The maximum Gasteiger partial charge on any atom is 0.129 e. The standard InChI is InChI=1S/C18H27FN2/c1-18(2,3)20-10-15-16(19)8-5-9-17(15)21-11-13-6-4-7-14(13)12-21/h5,8-9,13-14,20H,4,6-7,10-12H2,1-3H3. The lowest BCUT2D eigenvalue weighted by atomic mass is 10.0. The van der Waals surface area contributed by atoms with Crippen LogP contribution in [0, 0.1) is 17.7 Å². The number of nitrogens with zero attached hydrogens (tertiary/aromatic N) is 1. The van der Waals surface area contributed by atoms with Gasteiger partial charge in [-0.05, 0) is 57.6 Å². The van der Waals surface area contributed by atoms with Gasteiger partial charge in [-0.2, -0.15) is 0 Å².